The molecule has 2 aromatic rings. The summed E-state index contributed by atoms with van der Waals surface area (Å²) in [5, 5.41) is 3.67. The standard InChI is InChI=1S/C31H42N3O10PSi/c1-7-17-38-30(35)42-28-26(33-34-32)29(44-46(5,6)31(2,3)4)41-25(21-37-18-22-13-9-8-10-14-22)27(28)43-45(36)39-19-23-15-11-12-16-24(23)20-40-45/h7-16,25-29H,1,17-21H2,2-6H3/t25-,26-,27-,28-,29+/m1/s1. The first-order valence-electron chi connectivity index (χ1n) is 14.9. The van der Waals surface area contributed by atoms with Gasteiger partial charge in [-0.15, -0.1) is 0 Å². The lowest BCUT2D eigenvalue weighted by Crippen LogP contribution is -2.62. The highest BCUT2D eigenvalue weighted by Gasteiger charge is 2.54. The molecule has 0 unspecified atom stereocenters. The smallest absolute Gasteiger partial charge is 0.430 e. The normalized spacial score (nSPS) is 24.5. The maximum absolute atomic E-state index is 14.1. The highest BCUT2D eigenvalue weighted by molar-refractivity contribution is 7.48. The van der Waals surface area contributed by atoms with Gasteiger partial charge in [-0.2, -0.15) is 0 Å². The summed E-state index contributed by atoms with van der Waals surface area (Å²) in [5.74, 6) is 0. The van der Waals surface area contributed by atoms with Gasteiger partial charge in [0.05, 0.1) is 26.4 Å². The van der Waals surface area contributed by atoms with E-state index in [9.17, 15) is 14.9 Å². The van der Waals surface area contributed by atoms with Gasteiger partial charge in [0.15, 0.2) is 14.6 Å². The Labute approximate surface area is 270 Å². The number of phosphoric ester groups is 1. The molecule has 2 aromatic carbocycles. The van der Waals surface area contributed by atoms with Crippen LogP contribution in [0.1, 0.15) is 37.5 Å². The largest absolute Gasteiger partial charge is 0.508 e. The first-order chi connectivity index (χ1) is 21.9. The minimum absolute atomic E-state index is 0.0556. The van der Waals surface area contributed by atoms with Crippen LogP contribution in [-0.4, -0.2) is 58.3 Å². The van der Waals surface area contributed by atoms with Crippen molar-refractivity contribution in [3.05, 3.63) is 94.4 Å². The number of benzene rings is 2. The summed E-state index contributed by atoms with van der Waals surface area (Å²) in [7, 11) is -6.89. The van der Waals surface area contributed by atoms with E-state index in [4.69, 9.17) is 36.9 Å². The van der Waals surface area contributed by atoms with Crippen LogP contribution in [0, 0.1) is 0 Å². The predicted molar refractivity (Wildman–Crippen MR) is 171 cm³/mol. The van der Waals surface area contributed by atoms with Crippen molar-refractivity contribution >= 4 is 22.3 Å². The minimum atomic E-state index is -4.32. The fraction of sp³-hybridized carbons (Fsp3) is 0.516. The number of rotatable bonds is 12. The molecule has 0 aromatic heterocycles. The van der Waals surface area contributed by atoms with Gasteiger partial charge in [-0.3, -0.25) is 13.6 Å². The van der Waals surface area contributed by atoms with Gasteiger partial charge in [0.1, 0.15) is 31.0 Å². The first kappa shape index (κ1) is 35.8. The molecule has 0 saturated carbocycles. The maximum Gasteiger partial charge on any atom is 0.508 e. The van der Waals surface area contributed by atoms with Crippen molar-refractivity contribution in [2.45, 2.75) is 89.4 Å². The summed E-state index contributed by atoms with van der Waals surface area (Å²) in [5.41, 5.74) is 12.1. The zero-order valence-corrected chi connectivity index (χ0v) is 28.7. The summed E-state index contributed by atoms with van der Waals surface area (Å²) >= 11 is 0. The van der Waals surface area contributed by atoms with E-state index in [0.29, 0.717) is 0 Å². The Morgan fingerprint density at radius 3 is 2.30 bits per heavy atom. The van der Waals surface area contributed by atoms with Crippen molar-refractivity contribution in [1.82, 2.24) is 0 Å². The van der Waals surface area contributed by atoms with Gasteiger partial charge in [0.2, 0.25) is 0 Å². The van der Waals surface area contributed by atoms with Crippen molar-refractivity contribution in [3.8, 4) is 0 Å². The van der Waals surface area contributed by atoms with Crippen molar-refractivity contribution < 1.29 is 46.3 Å². The minimum Gasteiger partial charge on any atom is -0.430 e. The highest BCUT2D eigenvalue weighted by atomic mass is 31.2. The summed E-state index contributed by atoms with van der Waals surface area (Å²) in [4.78, 5) is 15.9. The summed E-state index contributed by atoms with van der Waals surface area (Å²) in [6, 6.07) is 15.5. The first-order valence-corrected chi connectivity index (χ1v) is 19.3. The van der Waals surface area contributed by atoms with Crippen LogP contribution in [0.25, 0.3) is 10.4 Å². The van der Waals surface area contributed by atoms with Gasteiger partial charge in [0.25, 0.3) is 0 Å². The molecule has 4 rings (SSSR count). The zero-order chi connectivity index (χ0) is 33.4. The van der Waals surface area contributed by atoms with E-state index < -0.39 is 52.9 Å². The molecule has 0 bridgehead atoms. The van der Waals surface area contributed by atoms with E-state index in [1.807, 2.05) is 88.5 Å². The third-order valence-electron chi connectivity index (χ3n) is 8.09. The van der Waals surface area contributed by atoms with Crippen LogP contribution < -0.4 is 0 Å². The van der Waals surface area contributed by atoms with Crippen molar-refractivity contribution in [3.63, 3.8) is 0 Å². The third kappa shape index (κ3) is 9.28. The molecular formula is C31H42N3O10PSi. The molecule has 0 radical (unpaired) electrons. The quantitative estimate of drug-likeness (QED) is 0.0418. The fourth-order valence-electron chi connectivity index (χ4n) is 4.56. The van der Waals surface area contributed by atoms with Crippen molar-refractivity contribution in [1.29, 1.82) is 0 Å². The molecule has 250 valence electrons. The van der Waals surface area contributed by atoms with Gasteiger partial charge in [0, 0.05) is 4.91 Å². The lowest BCUT2D eigenvalue weighted by Gasteiger charge is -2.47. The molecular weight excluding hydrogens is 633 g/mol. The molecule has 0 N–H and O–H groups in total. The average Bonchev–Trinajstić information content (AvgIpc) is 3.18. The Bertz CT molecular complexity index is 1400. The van der Waals surface area contributed by atoms with E-state index in [2.05, 4.69) is 16.6 Å². The van der Waals surface area contributed by atoms with Gasteiger partial charge in [-0.05, 0) is 40.4 Å². The number of carbonyl (C=O) groups is 1. The van der Waals surface area contributed by atoms with Crippen LogP contribution >= 0.6 is 7.82 Å². The molecule has 0 spiro atoms. The number of nitrogens with zero attached hydrogens (tertiary/aromatic N) is 3. The number of carbonyl (C=O) groups excluding carboxylic acids is 1. The summed E-state index contributed by atoms with van der Waals surface area (Å²) in [6.07, 6.45) is -4.73. The van der Waals surface area contributed by atoms with E-state index in [1.165, 1.54) is 6.08 Å². The molecule has 1 saturated heterocycles. The monoisotopic (exact) mass is 675 g/mol. The molecule has 15 heteroatoms. The second kappa shape index (κ2) is 15.7. The molecule has 5 atom stereocenters. The topological polar surface area (TPSA) is 157 Å². The number of azide groups is 1. The Morgan fingerprint density at radius 2 is 1.72 bits per heavy atom. The van der Waals surface area contributed by atoms with Gasteiger partial charge in [-0.25, -0.2) is 9.36 Å². The molecule has 0 amide bonds. The number of hydrogen-bond donors (Lipinski definition) is 0. The SMILES string of the molecule is C=CCOC(=O)O[C@@H]1[C@@H](N=[N+]=[N-])[C@H](O[Si](C)(C)C(C)(C)C)O[C@H](COCc2ccccc2)[C@H]1OP1(=O)OCc2ccccc2CO1. The van der Waals surface area contributed by atoms with E-state index in [1.54, 1.807) is 0 Å². The van der Waals surface area contributed by atoms with Crippen molar-refractivity contribution in [2.24, 2.45) is 5.11 Å². The van der Waals surface area contributed by atoms with Crippen LogP contribution in [0.4, 0.5) is 4.79 Å². The Balaban J connectivity index is 1.71. The second-order valence-electron chi connectivity index (χ2n) is 12.4. The van der Waals surface area contributed by atoms with E-state index in [-0.39, 0.29) is 38.1 Å². The number of fused-ring (bicyclic) bond motifs is 1. The molecule has 46 heavy (non-hydrogen) atoms. The Hall–Kier alpha value is -3.03. The summed E-state index contributed by atoms with van der Waals surface area (Å²) < 4.78 is 61.5. The Kier molecular flexibility index (Phi) is 12.2. The van der Waals surface area contributed by atoms with Gasteiger partial charge in [-0.1, -0.05) is 93.1 Å². The lowest BCUT2D eigenvalue weighted by atomic mass is 9.97. The van der Waals surface area contributed by atoms with Crippen LogP contribution in [0.3, 0.4) is 0 Å². The average molecular weight is 676 g/mol. The third-order valence-corrected chi connectivity index (χ3v) is 13.9. The second-order valence-corrected chi connectivity index (χ2v) is 18.8. The molecule has 2 aliphatic heterocycles. The van der Waals surface area contributed by atoms with Gasteiger partial charge < -0.3 is 23.4 Å². The van der Waals surface area contributed by atoms with Crippen LogP contribution in [0.2, 0.25) is 18.1 Å². The predicted octanol–water partition coefficient (Wildman–Crippen LogP) is 7.58. The lowest BCUT2D eigenvalue weighted by molar-refractivity contribution is -0.245. The summed E-state index contributed by atoms with van der Waals surface area (Å²) in [6.45, 7) is 13.5. The van der Waals surface area contributed by atoms with Crippen LogP contribution in [-0.2, 0) is 61.3 Å². The maximum atomic E-state index is 14.1. The number of phosphoric acid groups is 1. The molecule has 1 fully saturated rings. The number of ether oxygens (including phenoxy) is 4. The van der Waals surface area contributed by atoms with Crippen LogP contribution in [0.5, 0.6) is 0 Å². The number of hydrogen-bond acceptors (Lipinski definition) is 11. The zero-order valence-electron chi connectivity index (χ0n) is 26.8. The fourth-order valence-corrected chi connectivity index (χ4v) is 7.03. The van der Waals surface area contributed by atoms with E-state index in [0.717, 1.165) is 16.7 Å². The molecule has 0 aliphatic carbocycles. The van der Waals surface area contributed by atoms with E-state index >= 15 is 0 Å². The molecule has 2 heterocycles. The van der Waals surface area contributed by atoms with Crippen LogP contribution in [0.15, 0.2) is 72.4 Å². The van der Waals surface area contributed by atoms with Gasteiger partial charge >= 0.3 is 14.0 Å². The van der Waals surface area contributed by atoms with Crippen molar-refractivity contribution in [2.75, 3.05) is 13.2 Å². The molecule has 13 nitrogen and oxygen atoms in total. The molecule has 2 aliphatic rings. The Morgan fingerprint density at radius 1 is 1.09 bits per heavy atom. The highest BCUT2D eigenvalue weighted by Crippen LogP contribution is 2.55.